The first-order valence-electron chi connectivity index (χ1n) is 30.4. The lowest BCUT2D eigenvalue weighted by molar-refractivity contribution is 0.550. The third kappa shape index (κ3) is 32.2. The molecule has 0 saturated heterocycles. The summed E-state index contributed by atoms with van der Waals surface area (Å²) in [6, 6.07) is 27.3. The lowest BCUT2D eigenvalue weighted by atomic mass is 9.90. The van der Waals surface area contributed by atoms with Gasteiger partial charge in [-0.05, 0) is 123 Å². The van der Waals surface area contributed by atoms with Gasteiger partial charge in [0.15, 0.2) is 0 Å². The Morgan fingerprint density at radius 1 is 0.444 bits per heavy atom. The topological polar surface area (TPSA) is 0 Å². The SMILES string of the molecule is C#CC/C=C/c1ccc(CCCCCCCCCC)cc1.C#CC1(/C=C/c2ccc(CCCCCCCCCC)cc2)CC1.C=C(C)C1(CCc2ccc(CCCCCCCCCC)cc2)CC1.CCCC. The molecule has 0 radical (unpaired) electrons. The summed E-state index contributed by atoms with van der Waals surface area (Å²) >= 11 is 0. The fraction of sp³-hybridized carbons (Fsp3) is 0.611. The molecule has 2 fully saturated rings. The van der Waals surface area contributed by atoms with Gasteiger partial charge in [-0.3, -0.25) is 0 Å². The molecule has 0 spiro atoms. The second-order valence-electron chi connectivity index (χ2n) is 22.0. The molecule has 2 saturated carbocycles. The minimum Gasteiger partial charge on any atom is -0.120 e. The van der Waals surface area contributed by atoms with E-state index in [0.717, 1.165) is 12.8 Å². The molecule has 0 aromatic heterocycles. The standard InChI is InChI=1S/C24H38.C23H32.C21H30.C4H10/c1-4-5-6-7-8-9-10-11-12-22-13-15-23(16-14-22)17-18-24(19-20-24)21(2)3;1-3-5-6-7-8-9-10-11-12-21-13-15-22(16-14-21)17-18-23(4-2)19-20-23;1-3-5-7-8-9-10-11-13-15-21-18-16-20(17-19-21)14-12-6-4-2;1-3-4-2/h13-16H,2,4-12,17-20H2,1,3H3;2,13-18H,3,5-12,19-20H2,1H3;2,12,14,16-19H,3,5-11,13,15H2,1H3;3-4H2,1-2H3/b;18-17+;14-12+;. The van der Waals surface area contributed by atoms with Crippen LogP contribution in [0.25, 0.3) is 12.2 Å². The van der Waals surface area contributed by atoms with Crippen LogP contribution in [0, 0.1) is 35.5 Å². The lowest BCUT2D eigenvalue weighted by Crippen LogP contribution is -2.03. The Morgan fingerprint density at radius 3 is 1.08 bits per heavy atom. The number of hydrogen-bond donors (Lipinski definition) is 0. The average molecular weight is 976 g/mol. The largest absolute Gasteiger partial charge is 0.120 e. The van der Waals surface area contributed by atoms with Crippen LogP contribution in [0.1, 0.15) is 280 Å². The second kappa shape index (κ2) is 42.4. The molecular weight excluding hydrogens is 865 g/mol. The van der Waals surface area contributed by atoms with Crippen molar-refractivity contribution in [3.05, 3.63) is 130 Å². The lowest BCUT2D eigenvalue weighted by Gasteiger charge is -2.14. The Kier molecular flexibility index (Phi) is 37.7. The molecule has 0 bridgehead atoms. The van der Waals surface area contributed by atoms with Gasteiger partial charge in [0.05, 0.1) is 0 Å². The number of allylic oxidation sites excluding steroid dienone is 3. The summed E-state index contributed by atoms with van der Waals surface area (Å²) in [7, 11) is 0. The van der Waals surface area contributed by atoms with E-state index in [1.807, 2.05) is 6.08 Å². The fourth-order valence-electron chi connectivity index (χ4n) is 9.29. The number of hydrogen-bond acceptors (Lipinski definition) is 0. The van der Waals surface area contributed by atoms with Crippen LogP contribution in [-0.4, -0.2) is 0 Å². The molecule has 0 atom stereocenters. The highest BCUT2D eigenvalue weighted by Crippen LogP contribution is 2.54. The summed E-state index contributed by atoms with van der Waals surface area (Å²) in [4.78, 5) is 0. The molecule has 0 heterocycles. The molecule has 0 N–H and O–H groups in total. The Morgan fingerprint density at radius 2 is 0.778 bits per heavy atom. The molecule has 0 unspecified atom stereocenters. The van der Waals surface area contributed by atoms with Crippen LogP contribution >= 0.6 is 0 Å². The first kappa shape index (κ1) is 64.1. The highest BCUT2D eigenvalue weighted by molar-refractivity contribution is 5.53. The Hall–Kier alpha value is -4.00. The van der Waals surface area contributed by atoms with Gasteiger partial charge in [-0.2, -0.15) is 0 Å². The van der Waals surface area contributed by atoms with Crippen molar-refractivity contribution in [3.63, 3.8) is 0 Å². The second-order valence-corrected chi connectivity index (χ2v) is 22.0. The van der Waals surface area contributed by atoms with E-state index in [1.54, 1.807) is 0 Å². The van der Waals surface area contributed by atoms with Gasteiger partial charge in [0.25, 0.3) is 0 Å². The number of benzene rings is 3. The van der Waals surface area contributed by atoms with E-state index in [4.69, 9.17) is 12.8 Å². The number of rotatable bonds is 36. The van der Waals surface area contributed by atoms with Gasteiger partial charge in [-0.25, -0.2) is 0 Å². The van der Waals surface area contributed by atoms with Crippen LogP contribution in [0.5, 0.6) is 0 Å². The number of terminal acetylenes is 2. The first-order chi connectivity index (χ1) is 35.2. The van der Waals surface area contributed by atoms with E-state index in [2.05, 4.69) is 151 Å². The van der Waals surface area contributed by atoms with Gasteiger partial charge < -0.3 is 0 Å². The fourth-order valence-corrected chi connectivity index (χ4v) is 9.29. The van der Waals surface area contributed by atoms with E-state index in [-0.39, 0.29) is 5.41 Å². The molecule has 0 nitrogen and oxygen atoms in total. The molecule has 2 aliphatic rings. The van der Waals surface area contributed by atoms with Crippen LogP contribution in [0.2, 0.25) is 0 Å². The van der Waals surface area contributed by atoms with Crippen molar-refractivity contribution in [2.75, 3.05) is 0 Å². The molecule has 0 amide bonds. The maximum atomic E-state index is 5.57. The van der Waals surface area contributed by atoms with Crippen molar-refractivity contribution in [3.8, 4) is 24.7 Å². The molecule has 3 aromatic rings. The van der Waals surface area contributed by atoms with Crippen LogP contribution in [0.3, 0.4) is 0 Å². The normalized spacial score (nSPS) is 13.7. The van der Waals surface area contributed by atoms with Crippen molar-refractivity contribution in [1.82, 2.24) is 0 Å². The minimum atomic E-state index is 0.0792. The molecule has 0 heteroatoms. The molecule has 72 heavy (non-hydrogen) atoms. The van der Waals surface area contributed by atoms with E-state index >= 15 is 0 Å². The molecule has 2 aliphatic carbocycles. The van der Waals surface area contributed by atoms with E-state index < -0.39 is 0 Å². The summed E-state index contributed by atoms with van der Waals surface area (Å²) in [6.07, 6.45) is 67.3. The predicted molar refractivity (Wildman–Crippen MR) is 326 cm³/mol. The van der Waals surface area contributed by atoms with Crippen LogP contribution in [-0.2, 0) is 25.7 Å². The van der Waals surface area contributed by atoms with Gasteiger partial charge in [0.1, 0.15) is 0 Å². The van der Waals surface area contributed by atoms with Crippen molar-refractivity contribution in [1.29, 1.82) is 0 Å². The van der Waals surface area contributed by atoms with Crippen molar-refractivity contribution in [2.24, 2.45) is 10.8 Å². The minimum absolute atomic E-state index is 0.0792. The maximum Gasteiger partial charge on any atom is 0.0495 e. The summed E-state index contributed by atoms with van der Waals surface area (Å²) in [6.45, 7) is 17.6. The summed E-state index contributed by atoms with van der Waals surface area (Å²) in [5.74, 6) is 5.52. The van der Waals surface area contributed by atoms with Crippen molar-refractivity contribution in [2.45, 2.75) is 273 Å². The van der Waals surface area contributed by atoms with Gasteiger partial charge in [-0.1, -0.05) is 297 Å². The zero-order valence-corrected chi connectivity index (χ0v) is 48.1. The summed E-state index contributed by atoms with van der Waals surface area (Å²) < 4.78 is 0. The Bertz CT molecular complexity index is 1870. The number of unbranched alkanes of at least 4 members (excludes halogenated alkanes) is 22. The molecular formula is C72H110. The third-order valence-corrected chi connectivity index (χ3v) is 15.3. The molecule has 0 aliphatic heterocycles. The smallest absolute Gasteiger partial charge is 0.0495 e. The van der Waals surface area contributed by atoms with Crippen LogP contribution in [0.15, 0.2) is 97.1 Å². The molecule has 5 rings (SSSR count). The van der Waals surface area contributed by atoms with Gasteiger partial charge in [0.2, 0.25) is 0 Å². The van der Waals surface area contributed by atoms with Gasteiger partial charge in [-0.15, -0.1) is 18.8 Å². The zero-order chi connectivity index (χ0) is 52.2. The van der Waals surface area contributed by atoms with E-state index in [1.165, 1.54) is 251 Å². The summed E-state index contributed by atoms with van der Waals surface area (Å²) in [5.41, 5.74) is 10.4. The van der Waals surface area contributed by atoms with E-state index in [0.29, 0.717) is 11.8 Å². The summed E-state index contributed by atoms with van der Waals surface area (Å²) in [5, 5.41) is 0. The quantitative estimate of drug-likeness (QED) is 0.0309. The van der Waals surface area contributed by atoms with Crippen LogP contribution in [0.4, 0.5) is 0 Å². The third-order valence-electron chi connectivity index (χ3n) is 15.3. The van der Waals surface area contributed by atoms with Crippen molar-refractivity contribution < 1.29 is 0 Å². The van der Waals surface area contributed by atoms with Crippen LogP contribution < -0.4 is 0 Å². The zero-order valence-electron chi connectivity index (χ0n) is 48.1. The monoisotopic (exact) mass is 975 g/mol. The van der Waals surface area contributed by atoms with Gasteiger partial charge >= 0.3 is 0 Å². The Labute approximate surface area is 448 Å². The highest BCUT2D eigenvalue weighted by Gasteiger charge is 2.42. The maximum absolute atomic E-state index is 5.57. The van der Waals surface area contributed by atoms with E-state index in [9.17, 15) is 0 Å². The van der Waals surface area contributed by atoms with Gasteiger partial charge in [0, 0.05) is 11.8 Å². The average Bonchev–Trinajstić information content (AvgIpc) is 4.36. The van der Waals surface area contributed by atoms with Crippen molar-refractivity contribution >= 4 is 12.2 Å². The molecule has 3 aromatic carbocycles. The Balaban J connectivity index is 0.000000357. The number of aryl methyl sites for hydroxylation is 4. The highest BCUT2D eigenvalue weighted by atomic mass is 14.5. The predicted octanol–water partition coefficient (Wildman–Crippen LogP) is 22.7. The molecule has 398 valence electrons. The first-order valence-corrected chi connectivity index (χ1v) is 30.4.